The number of nitrogens with zero attached hydrogens (tertiary/aromatic N) is 3. The highest BCUT2D eigenvalue weighted by atomic mass is 19.1. The molecule has 0 radical (unpaired) electrons. The number of carbonyl (C=O) groups is 1. The molecule has 0 aliphatic heterocycles. The van der Waals surface area contributed by atoms with Crippen LogP contribution in [0.15, 0.2) is 30.3 Å². The fourth-order valence-electron chi connectivity index (χ4n) is 2.61. The average Bonchev–Trinajstić information content (AvgIpc) is 2.92. The zero-order chi connectivity index (χ0) is 16.4. The van der Waals surface area contributed by atoms with Gasteiger partial charge in [0.1, 0.15) is 6.10 Å². The molecule has 23 heavy (non-hydrogen) atoms. The molecule has 2 aromatic rings. The molecule has 1 aliphatic rings. The van der Waals surface area contributed by atoms with E-state index in [1.807, 2.05) is 37.3 Å². The van der Waals surface area contributed by atoms with Gasteiger partial charge in [-0.2, -0.15) is 4.39 Å². The highest BCUT2D eigenvalue weighted by molar-refractivity contribution is 5.87. The standard InChI is InChI=1S/C16H18FN3O3/c1-10(11-6-4-3-5-7-11)20-14(15(17)18-19-20)16(21)23-13-8-12(9-13)22-2/h3-7,10,12-13H,8-9H2,1-2H3/t10-,12-,13+/m1/s1. The van der Waals surface area contributed by atoms with E-state index in [9.17, 15) is 9.18 Å². The predicted molar refractivity (Wildman–Crippen MR) is 79.5 cm³/mol. The van der Waals surface area contributed by atoms with Crippen molar-refractivity contribution in [3.8, 4) is 0 Å². The van der Waals surface area contributed by atoms with Gasteiger partial charge in [0.05, 0.1) is 12.1 Å². The van der Waals surface area contributed by atoms with E-state index in [4.69, 9.17) is 9.47 Å². The molecule has 1 aromatic carbocycles. The van der Waals surface area contributed by atoms with Gasteiger partial charge >= 0.3 is 5.97 Å². The van der Waals surface area contributed by atoms with E-state index in [0.717, 1.165) is 5.56 Å². The molecule has 0 spiro atoms. The van der Waals surface area contributed by atoms with Gasteiger partial charge in [0.25, 0.3) is 5.95 Å². The molecule has 1 aromatic heterocycles. The van der Waals surface area contributed by atoms with Crippen molar-refractivity contribution < 1.29 is 18.7 Å². The molecule has 1 aliphatic carbocycles. The maximum absolute atomic E-state index is 13.9. The van der Waals surface area contributed by atoms with Crippen molar-refractivity contribution in [2.45, 2.75) is 38.0 Å². The Morgan fingerprint density at radius 3 is 2.65 bits per heavy atom. The largest absolute Gasteiger partial charge is 0.457 e. The SMILES string of the molecule is CO[C@H]1C[C@@H](OC(=O)c2c(F)nnn2[C@H](C)c2ccccc2)C1. The quantitative estimate of drug-likeness (QED) is 0.792. The van der Waals surface area contributed by atoms with Crippen LogP contribution in [0.3, 0.4) is 0 Å². The summed E-state index contributed by atoms with van der Waals surface area (Å²) in [5, 5.41) is 7.15. The van der Waals surface area contributed by atoms with Crippen LogP contribution >= 0.6 is 0 Å². The van der Waals surface area contributed by atoms with Crippen molar-refractivity contribution in [2.24, 2.45) is 0 Å². The summed E-state index contributed by atoms with van der Waals surface area (Å²) in [6, 6.07) is 9.06. The van der Waals surface area contributed by atoms with Gasteiger partial charge in [0.2, 0.25) is 5.69 Å². The third-order valence-corrected chi connectivity index (χ3v) is 4.15. The van der Waals surface area contributed by atoms with Gasteiger partial charge < -0.3 is 9.47 Å². The third kappa shape index (κ3) is 3.10. The molecule has 7 heteroatoms. The van der Waals surface area contributed by atoms with Gasteiger partial charge in [-0.1, -0.05) is 40.6 Å². The van der Waals surface area contributed by atoms with Gasteiger partial charge in [-0.05, 0) is 12.5 Å². The average molecular weight is 319 g/mol. The lowest BCUT2D eigenvalue weighted by Crippen LogP contribution is -2.38. The minimum atomic E-state index is -0.916. The Bertz CT molecular complexity index is 683. The zero-order valence-electron chi connectivity index (χ0n) is 13.0. The van der Waals surface area contributed by atoms with E-state index >= 15 is 0 Å². The summed E-state index contributed by atoms with van der Waals surface area (Å²) in [7, 11) is 1.61. The first-order chi connectivity index (χ1) is 11.1. The Balaban J connectivity index is 1.77. The molecular formula is C16H18FN3O3. The van der Waals surface area contributed by atoms with Crippen molar-refractivity contribution in [3.63, 3.8) is 0 Å². The zero-order valence-corrected chi connectivity index (χ0v) is 13.0. The Labute approximate surface area is 133 Å². The van der Waals surface area contributed by atoms with Crippen LogP contribution in [-0.4, -0.2) is 40.3 Å². The van der Waals surface area contributed by atoms with Gasteiger partial charge in [-0.25, -0.2) is 9.48 Å². The lowest BCUT2D eigenvalue weighted by molar-refractivity contribution is -0.0648. The number of esters is 1. The Morgan fingerprint density at radius 2 is 2.00 bits per heavy atom. The van der Waals surface area contributed by atoms with Crippen LogP contribution in [0.1, 0.15) is 41.9 Å². The molecule has 0 amide bonds. The summed E-state index contributed by atoms with van der Waals surface area (Å²) in [5.74, 6) is -1.66. The summed E-state index contributed by atoms with van der Waals surface area (Å²) in [4.78, 5) is 12.3. The molecular weight excluding hydrogens is 301 g/mol. The minimum absolute atomic E-state index is 0.101. The van der Waals surface area contributed by atoms with Crippen LogP contribution in [0, 0.1) is 5.95 Å². The van der Waals surface area contributed by atoms with Gasteiger partial charge in [0.15, 0.2) is 0 Å². The molecule has 122 valence electrons. The molecule has 0 unspecified atom stereocenters. The smallest absolute Gasteiger partial charge is 0.361 e. The number of hydrogen-bond donors (Lipinski definition) is 0. The van der Waals surface area contributed by atoms with E-state index in [2.05, 4.69) is 10.3 Å². The number of ether oxygens (including phenoxy) is 2. The molecule has 1 atom stereocenters. The normalized spacial score (nSPS) is 21.5. The number of benzene rings is 1. The molecule has 1 fully saturated rings. The summed E-state index contributed by atoms with van der Waals surface area (Å²) in [6.45, 7) is 1.82. The first kappa shape index (κ1) is 15.6. The fraction of sp³-hybridized carbons (Fsp3) is 0.438. The van der Waals surface area contributed by atoms with Crippen LogP contribution in [-0.2, 0) is 9.47 Å². The second-order valence-corrected chi connectivity index (χ2v) is 5.62. The molecule has 1 heterocycles. The van der Waals surface area contributed by atoms with Crippen molar-refractivity contribution in [2.75, 3.05) is 7.11 Å². The summed E-state index contributed by atoms with van der Waals surface area (Å²) in [5.41, 5.74) is 0.650. The lowest BCUT2D eigenvalue weighted by atomic mass is 9.92. The second-order valence-electron chi connectivity index (χ2n) is 5.62. The van der Waals surface area contributed by atoms with Gasteiger partial charge in [0, 0.05) is 20.0 Å². The van der Waals surface area contributed by atoms with Crippen LogP contribution in [0.4, 0.5) is 4.39 Å². The van der Waals surface area contributed by atoms with Gasteiger partial charge in [-0.3, -0.25) is 0 Å². The van der Waals surface area contributed by atoms with Crippen LogP contribution in [0.25, 0.3) is 0 Å². The maximum atomic E-state index is 13.9. The van der Waals surface area contributed by atoms with Crippen LogP contribution in [0.5, 0.6) is 0 Å². The van der Waals surface area contributed by atoms with E-state index in [-0.39, 0.29) is 23.9 Å². The topological polar surface area (TPSA) is 66.2 Å². The van der Waals surface area contributed by atoms with Crippen molar-refractivity contribution in [1.82, 2.24) is 15.0 Å². The molecule has 0 N–H and O–H groups in total. The van der Waals surface area contributed by atoms with Crippen molar-refractivity contribution >= 4 is 5.97 Å². The number of rotatable bonds is 5. The Kier molecular flexibility index (Phi) is 4.38. The molecule has 1 saturated carbocycles. The highest BCUT2D eigenvalue weighted by Gasteiger charge is 2.35. The second kappa shape index (κ2) is 6.45. The minimum Gasteiger partial charge on any atom is -0.457 e. The molecule has 0 saturated heterocycles. The number of aromatic nitrogens is 3. The van der Waals surface area contributed by atoms with Gasteiger partial charge in [-0.15, -0.1) is 0 Å². The van der Waals surface area contributed by atoms with Crippen LogP contribution in [0.2, 0.25) is 0 Å². The lowest BCUT2D eigenvalue weighted by Gasteiger charge is -2.33. The van der Waals surface area contributed by atoms with Crippen molar-refractivity contribution in [3.05, 3.63) is 47.5 Å². The number of hydrogen-bond acceptors (Lipinski definition) is 5. The molecule has 6 nitrogen and oxygen atoms in total. The third-order valence-electron chi connectivity index (χ3n) is 4.15. The number of carbonyl (C=O) groups excluding carboxylic acids is 1. The predicted octanol–water partition coefficient (Wildman–Crippen LogP) is 2.36. The van der Waals surface area contributed by atoms with Crippen LogP contribution < -0.4 is 0 Å². The summed E-state index contributed by atoms with van der Waals surface area (Å²) >= 11 is 0. The molecule has 0 bridgehead atoms. The van der Waals surface area contributed by atoms with E-state index < -0.39 is 11.9 Å². The molecule has 3 rings (SSSR count). The summed E-state index contributed by atoms with van der Waals surface area (Å²) < 4.78 is 25.6. The first-order valence-electron chi connectivity index (χ1n) is 7.49. The number of halogens is 1. The fourth-order valence-corrected chi connectivity index (χ4v) is 2.61. The van der Waals surface area contributed by atoms with E-state index in [0.29, 0.717) is 12.8 Å². The highest BCUT2D eigenvalue weighted by Crippen LogP contribution is 2.27. The van der Waals surface area contributed by atoms with E-state index in [1.54, 1.807) is 7.11 Å². The maximum Gasteiger partial charge on any atom is 0.361 e. The Morgan fingerprint density at radius 1 is 1.30 bits per heavy atom. The first-order valence-corrected chi connectivity index (χ1v) is 7.49. The monoisotopic (exact) mass is 319 g/mol. The number of methoxy groups -OCH3 is 1. The Hall–Kier alpha value is -2.28. The summed E-state index contributed by atoms with van der Waals surface area (Å²) in [6.07, 6.45) is 1.10. The van der Waals surface area contributed by atoms with E-state index in [1.165, 1.54) is 4.68 Å². The van der Waals surface area contributed by atoms with Crippen molar-refractivity contribution in [1.29, 1.82) is 0 Å².